The number of benzene rings is 2. The molecule has 2 fully saturated rings. The summed E-state index contributed by atoms with van der Waals surface area (Å²) in [6, 6.07) is 14.5. The Balaban J connectivity index is 0.00000484. The number of sulfone groups is 1. The van der Waals surface area contributed by atoms with Crippen LogP contribution in [0.25, 0.3) is 0 Å². The normalized spacial score (nSPS) is 18.4. The lowest BCUT2D eigenvalue weighted by Crippen LogP contribution is -2.54. The molecule has 1 N–H and O–H groups in total. The van der Waals surface area contributed by atoms with E-state index in [0.29, 0.717) is 19.5 Å². The molecule has 1 saturated carbocycles. The monoisotopic (exact) mass is 627 g/mol. The summed E-state index contributed by atoms with van der Waals surface area (Å²) >= 11 is 0. The van der Waals surface area contributed by atoms with Gasteiger partial charge in [-0.2, -0.15) is 0 Å². The van der Waals surface area contributed by atoms with Crippen molar-refractivity contribution >= 4 is 34.2 Å². The highest BCUT2D eigenvalue weighted by molar-refractivity contribution is 7.90. The molecular formula is C30H40ClF2N3O5S. The van der Waals surface area contributed by atoms with Crippen LogP contribution in [0.2, 0.25) is 0 Å². The lowest BCUT2D eigenvalue weighted by atomic mass is 9.85. The number of amides is 2. The molecule has 0 radical (unpaired) electrons. The SMILES string of the molecule is CCN(C(=O)Cc1ccc(S(C)(=O)=O)cc1)C1CCN(CCC(c2ccccc2)N(C(=O)O)C2CC(F)(F)C2)CC1.Cl. The number of rotatable bonds is 11. The molecule has 1 saturated heterocycles. The maximum atomic E-state index is 13.6. The van der Waals surface area contributed by atoms with E-state index in [1.54, 1.807) is 12.1 Å². The minimum absolute atomic E-state index is 0. The largest absolute Gasteiger partial charge is 0.465 e. The molecule has 12 heteroatoms. The number of carboxylic acid groups (broad SMARTS) is 1. The highest BCUT2D eigenvalue weighted by Gasteiger charge is 2.51. The van der Waals surface area contributed by atoms with Gasteiger partial charge in [0.1, 0.15) is 0 Å². The van der Waals surface area contributed by atoms with Gasteiger partial charge in [0.25, 0.3) is 5.92 Å². The molecule has 1 atom stereocenters. The lowest BCUT2D eigenvalue weighted by molar-refractivity contribution is -0.133. The molecular weight excluding hydrogens is 588 g/mol. The molecule has 232 valence electrons. The number of alkyl halides is 2. The molecule has 2 aromatic carbocycles. The number of nitrogens with zero attached hydrogens (tertiary/aromatic N) is 3. The van der Waals surface area contributed by atoms with Gasteiger partial charge in [0, 0.05) is 57.4 Å². The van der Waals surface area contributed by atoms with Crippen molar-refractivity contribution in [3.63, 3.8) is 0 Å². The van der Waals surface area contributed by atoms with Crippen molar-refractivity contribution in [2.24, 2.45) is 0 Å². The summed E-state index contributed by atoms with van der Waals surface area (Å²) in [4.78, 5) is 30.9. The fraction of sp³-hybridized carbons (Fsp3) is 0.533. The van der Waals surface area contributed by atoms with Gasteiger partial charge >= 0.3 is 6.09 Å². The first-order valence-electron chi connectivity index (χ1n) is 14.1. The van der Waals surface area contributed by atoms with Gasteiger partial charge in [-0.05, 0) is 49.4 Å². The zero-order valence-corrected chi connectivity index (χ0v) is 25.6. The van der Waals surface area contributed by atoms with Gasteiger partial charge in [0.05, 0.1) is 17.4 Å². The Morgan fingerprint density at radius 3 is 2.12 bits per heavy atom. The number of carbonyl (C=O) groups is 2. The van der Waals surface area contributed by atoms with Crippen LogP contribution in [0.1, 0.15) is 56.2 Å². The molecule has 42 heavy (non-hydrogen) atoms. The van der Waals surface area contributed by atoms with Gasteiger partial charge in [-0.3, -0.25) is 9.69 Å². The van der Waals surface area contributed by atoms with Crippen LogP contribution in [-0.2, 0) is 21.1 Å². The minimum Gasteiger partial charge on any atom is -0.465 e. The predicted octanol–water partition coefficient (Wildman–Crippen LogP) is 5.28. The number of hydrogen-bond acceptors (Lipinski definition) is 5. The van der Waals surface area contributed by atoms with E-state index in [2.05, 4.69) is 4.90 Å². The Hall–Kier alpha value is -2.76. The summed E-state index contributed by atoms with van der Waals surface area (Å²) in [5.74, 6) is -2.82. The molecule has 1 unspecified atom stereocenters. The fourth-order valence-electron chi connectivity index (χ4n) is 6.04. The molecule has 2 amide bonds. The number of piperidine rings is 1. The number of carbonyl (C=O) groups excluding carboxylic acids is 1. The van der Waals surface area contributed by atoms with Crippen LogP contribution >= 0.6 is 12.4 Å². The molecule has 8 nitrogen and oxygen atoms in total. The van der Waals surface area contributed by atoms with Crippen LogP contribution in [0.3, 0.4) is 0 Å². The van der Waals surface area contributed by atoms with Crippen molar-refractivity contribution in [2.45, 2.75) is 74.4 Å². The van der Waals surface area contributed by atoms with Crippen molar-refractivity contribution in [3.05, 3.63) is 65.7 Å². The van der Waals surface area contributed by atoms with Crippen molar-refractivity contribution in [1.29, 1.82) is 0 Å². The summed E-state index contributed by atoms with van der Waals surface area (Å²) in [6.07, 6.45) is 1.32. The van der Waals surface area contributed by atoms with Crippen molar-refractivity contribution in [3.8, 4) is 0 Å². The van der Waals surface area contributed by atoms with E-state index in [1.165, 1.54) is 17.0 Å². The molecule has 0 spiro atoms. The van der Waals surface area contributed by atoms with Gasteiger partial charge in [-0.15, -0.1) is 12.4 Å². The third-order valence-electron chi connectivity index (χ3n) is 8.29. The molecule has 4 rings (SSSR count). The highest BCUT2D eigenvalue weighted by atomic mass is 35.5. The standard InChI is InChI=1S/C30H39F2N3O5S.ClH/c1-3-34(28(36)19-22-9-11-26(12-10-22)41(2,39)40)24-13-16-33(17-14-24)18-15-27(23-7-5-4-6-8-23)35(29(37)38)25-20-30(31,32)21-25;/h4-12,24-25,27H,3,13-21H2,1-2H3,(H,37,38);1H. The second kappa shape index (κ2) is 14.1. The van der Waals surface area contributed by atoms with E-state index in [4.69, 9.17) is 0 Å². The van der Waals surface area contributed by atoms with E-state index in [-0.39, 0.29) is 35.7 Å². The Bertz CT molecular complexity index is 1300. The first-order valence-corrected chi connectivity index (χ1v) is 16.0. The average molecular weight is 628 g/mol. The quantitative estimate of drug-likeness (QED) is 0.364. The third kappa shape index (κ3) is 8.41. The topological polar surface area (TPSA) is 98.2 Å². The number of likely N-dealkylation sites (N-methyl/N-ethyl adjacent to an activating group) is 1. The smallest absolute Gasteiger partial charge is 0.408 e. The Labute approximate surface area is 253 Å². The molecule has 1 aliphatic carbocycles. The van der Waals surface area contributed by atoms with Crippen LogP contribution in [0.15, 0.2) is 59.5 Å². The summed E-state index contributed by atoms with van der Waals surface area (Å²) < 4.78 is 50.7. The van der Waals surface area contributed by atoms with Crippen LogP contribution in [0, 0.1) is 0 Å². The zero-order valence-electron chi connectivity index (χ0n) is 24.0. The average Bonchev–Trinajstić information content (AvgIpc) is 2.91. The molecule has 1 aliphatic heterocycles. The molecule has 2 aromatic rings. The zero-order chi connectivity index (χ0) is 29.8. The van der Waals surface area contributed by atoms with Crippen molar-refractivity contribution in [2.75, 3.05) is 32.4 Å². The van der Waals surface area contributed by atoms with Gasteiger partial charge in [0.15, 0.2) is 9.84 Å². The van der Waals surface area contributed by atoms with E-state index in [1.807, 2.05) is 42.2 Å². The summed E-state index contributed by atoms with van der Waals surface area (Å²) in [5.41, 5.74) is 1.56. The Morgan fingerprint density at radius 1 is 1.02 bits per heavy atom. The maximum absolute atomic E-state index is 13.6. The van der Waals surface area contributed by atoms with Crippen molar-refractivity contribution < 1.29 is 31.9 Å². The van der Waals surface area contributed by atoms with Gasteiger partial charge in [-0.1, -0.05) is 42.5 Å². The number of likely N-dealkylation sites (tertiary alicyclic amines) is 1. The Kier molecular flexibility index (Phi) is 11.4. The van der Waals surface area contributed by atoms with Crippen LogP contribution in [0.4, 0.5) is 13.6 Å². The van der Waals surface area contributed by atoms with E-state index >= 15 is 0 Å². The van der Waals surface area contributed by atoms with Gasteiger partial charge in [-0.25, -0.2) is 22.0 Å². The second-order valence-electron chi connectivity index (χ2n) is 11.2. The molecule has 0 bridgehead atoms. The summed E-state index contributed by atoms with van der Waals surface area (Å²) in [7, 11) is -3.30. The van der Waals surface area contributed by atoms with Gasteiger partial charge in [0.2, 0.25) is 5.91 Å². The van der Waals surface area contributed by atoms with Gasteiger partial charge < -0.3 is 14.9 Å². The third-order valence-corrected chi connectivity index (χ3v) is 9.42. The van der Waals surface area contributed by atoms with Crippen molar-refractivity contribution in [1.82, 2.24) is 14.7 Å². The number of halogens is 3. The number of hydrogen-bond donors (Lipinski definition) is 1. The maximum Gasteiger partial charge on any atom is 0.408 e. The summed E-state index contributed by atoms with van der Waals surface area (Å²) in [6.45, 7) is 4.62. The highest BCUT2D eigenvalue weighted by Crippen LogP contribution is 2.44. The fourth-order valence-corrected chi connectivity index (χ4v) is 6.67. The minimum atomic E-state index is -3.30. The Morgan fingerprint density at radius 2 is 1.62 bits per heavy atom. The molecule has 0 aromatic heterocycles. The van der Waals surface area contributed by atoms with Crippen LogP contribution in [-0.4, -0.2) is 90.7 Å². The summed E-state index contributed by atoms with van der Waals surface area (Å²) in [5, 5.41) is 9.98. The van der Waals surface area contributed by atoms with E-state index in [0.717, 1.165) is 43.3 Å². The lowest BCUT2D eigenvalue weighted by Gasteiger charge is -2.45. The van der Waals surface area contributed by atoms with Crippen LogP contribution < -0.4 is 0 Å². The second-order valence-corrected chi connectivity index (χ2v) is 13.2. The molecule has 1 heterocycles. The first kappa shape index (κ1) is 33.7. The first-order chi connectivity index (χ1) is 19.4. The van der Waals surface area contributed by atoms with E-state index < -0.39 is 46.8 Å². The predicted molar refractivity (Wildman–Crippen MR) is 159 cm³/mol. The molecule has 2 aliphatic rings. The van der Waals surface area contributed by atoms with Crippen LogP contribution in [0.5, 0.6) is 0 Å². The van der Waals surface area contributed by atoms with E-state index in [9.17, 15) is 31.9 Å².